The third kappa shape index (κ3) is 4.93. The Labute approximate surface area is 210 Å². The number of rotatable bonds is 2. The summed E-state index contributed by atoms with van der Waals surface area (Å²) in [6.07, 6.45) is 1.14. The number of sulfonamides is 1. The van der Waals surface area contributed by atoms with Gasteiger partial charge in [0, 0.05) is 49.6 Å². The van der Waals surface area contributed by atoms with E-state index in [0.29, 0.717) is 19.3 Å². The fourth-order valence-electron chi connectivity index (χ4n) is 5.34. The molecule has 35 heavy (non-hydrogen) atoms. The third-order valence-corrected chi connectivity index (χ3v) is 9.65. The predicted molar refractivity (Wildman–Crippen MR) is 132 cm³/mol. The smallest absolute Gasteiger partial charge is 0.247 e. The molecule has 2 aromatic carbocycles. The zero-order chi connectivity index (χ0) is 24.6. The molecule has 0 bridgehead atoms. The lowest BCUT2D eigenvalue weighted by Crippen LogP contribution is -2.59. The number of halogens is 1. The number of carbonyl (C=O) groups excluding carboxylic acids is 1. The van der Waals surface area contributed by atoms with E-state index in [2.05, 4.69) is 10.2 Å². The monoisotopic (exact) mass is 519 g/mol. The van der Waals surface area contributed by atoms with Crippen LogP contribution in [0.25, 0.3) is 0 Å². The molecule has 2 N–H and O–H groups in total. The van der Waals surface area contributed by atoms with Crippen molar-refractivity contribution in [1.29, 1.82) is 0 Å². The Bertz CT molecular complexity index is 1200. The van der Waals surface area contributed by atoms with Gasteiger partial charge in [0.15, 0.2) is 0 Å². The van der Waals surface area contributed by atoms with Crippen molar-refractivity contribution in [3.05, 3.63) is 59.1 Å². The topological polar surface area (TPSA) is 99.2 Å². The molecule has 3 aliphatic rings. The van der Waals surface area contributed by atoms with Crippen LogP contribution in [0.15, 0.2) is 53.4 Å². The molecule has 188 valence electrons. The fraction of sp³-hybridized carbons (Fsp3) is 0.480. The first-order valence-electron chi connectivity index (χ1n) is 12.0. The van der Waals surface area contributed by atoms with Crippen molar-refractivity contribution in [3.8, 4) is 5.75 Å². The van der Waals surface area contributed by atoms with Gasteiger partial charge in [-0.15, -0.1) is 0 Å². The van der Waals surface area contributed by atoms with Crippen molar-refractivity contribution in [1.82, 2.24) is 14.5 Å². The zero-order valence-electron chi connectivity index (χ0n) is 19.4. The van der Waals surface area contributed by atoms with Gasteiger partial charge in [0.1, 0.15) is 16.7 Å². The largest absolute Gasteiger partial charge is 0.492 e. The highest BCUT2D eigenvalue weighted by Gasteiger charge is 2.47. The summed E-state index contributed by atoms with van der Waals surface area (Å²) in [5.74, 6) is -0.0858. The van der Waals surface area contributed by atoms with Gasteiger partial charge in [-0.05, 0) is 36.6 Å². The molecule has 10 heteroatoms. The molecule has 5 rings (SSSR count). The minimum atomic E-state index is -4.02. The van der Waals surface area contributed by atoms with Crippen molar-refractivity contribution in [2.75, 3.05) is 26.2 Å². The van der Waals surface area contributed by atoms with Gasteiger partial charge >= 0.3 is 0 Å². The number of nitrogens with zero attached hydrogens (tertiary/aromatic N) is 2. The van der Waals surface area contributed by atoms with Crippen molar-refractivity contribution in [2.24, 2.45) is 0 Å². The van der Waals surface area contributed by atoms with Crippen molar-refractivity contribution >= 4 is 27.5 Å². The standard InChI is InChI=1S/C25H30ClN3O5S/c26-20-6-2-1-5-18(20)16-28-12-9-25(10-13-28)11-14-34-22-7-3-4-8-23(22)35(32,33)29-17-19(30)15-21(29)24(31)27-25/h1-8,19,21,30H,9-17H2,(H,27,31)/t19-,21+/m1/s1. The number of hydrogen-bond donors (Lipinski definition) is 2. The second-order valence-corrected chi connectivity index (χ2v) is 11.9. The number of likely N-dealkylation sites (tertiary alicyclic amines) is 1. The molecule has 3 aliphatic heterocycles. The molecular formula is C25H30ClN3O5S. The molecule has 1 amide bonds. The number of hydrogen-bond acceptors (Lipinski definition) is 6. The first-order valence-corrected chi connectivity index (χ1v) is 13.8. The van der Waals surface area contributed by atoms with Gasteiger partial charge < -0.3 is 15.2 Å². The Morgan fingerprint density at radius 1 is 1.09 bits per heavy atom. The van der Waals surface area contributed by atoms with Crippen LogP contribution in [0.2, 0.25) is 5.02 Å². The highest BCUT2D eigenvalue weighted by atomic mass is 35.5. The maximum Gasteiger partial charge on any atom is 0.247 e. The lowest BCUT2D eigenvalue weighted by molar-refractivity contribution is -0.127. The van der Waals surface area contributed by atoms with Gasteiger partial charge in [0.05, 0.1) is 12.7 Å². The Morgan fingerprint density at radius 2 is 1.80 bits per heavy atom. The highest BCUT2D eigenvalue weighted by molar-refractivity contribution is 7.89. The maximum absolute atomic E-state index is 13.5. The van der Waals surface area contributed by atoms with Gasteiger partial charge in [-0.2, -0.15) is 4.31 Å². The number of fused-ring (bicyclic) bond motifs is 2. The number of carbonyl (C=O) groups is 1. The minimum absolute atomic E-state index is 0.0254. The van der Waals surface area contributed by atoms with Crippen LogP contribution in [0.5, 0.6) is 5.75 Å². The molecule has 0 aromatic heterocycles. The van der Waals surface area contributed by atoms with Gasteiger partial charge in [0.25, 0.3) is 0 Å². The molecule has 2 saturated heterocycles. The number of aliphatic hydroxyl groups excluding tert-OH is 1. The van der Waals surface area contributed by atoms with E-state index in [1.54, 1.807) is 18.2 Å². The van der Waals surface area contributed by atoms with Crippen LogP contribution < -0.4 is 10.1 Å². The SMILES string of the molecule is O=C1NC2(CCOc3ccccc3S(=O)(=O)N3C[C@H](O)C[C@@H]13)CCN(Cc1ccccc1Cl)CC2. The maximum atomic E-state index is 13.5. The van der Waals surface area contributed by atoms with Crippen molar-refractivity contribution in [3.63, 3.8) is 0 Å². The zero-order valence-corrected chi connectivity index (χ0v) is 21.0. The summed E-state index contributed by atoms with van der Waals surface area (Å²) in [5.41, 5.74) is 0.549. The molecule has 3 heterocycles. The summed E-state index contributed by atoms with van der Waals surface area (Å²) in [6, 6.07) is 13.3. The lowest BCUT2D eigenvalue weighted by atomic mass is 9.84. The van der Waals surface area contributed by atoms with Crippen LogP contribution in [-0.4, -0.2) is 72.6 Å². The Balaban J connectivity index is 1.39. The van der Waals surface area contributed by atoms with Crippen LogP contribution in [0.1, 0.15) is 31.2 Å². The quantitative estimate of drug-likeness (QED) is 0.632. The van der Waals surface area contributed by atoms with Gasteiger partial charge in [-0.1, -0.05) is 41.9 Å². The second-order valence-electron chi connectivity index (χ2n) is 9.66. The minimum Gasteiger partial charge on any atom is -0.492 e. The fourth-order valence-corrected chi connectivity index (χ4v) is 7.31. The number of piperidine rings is 1. The average molecular weight is 520 g/mol. The van der Waals surface area contributed by atoms with Gasteiger partial charge in [-0.25, -0.2) is 8.42 Å². The van der Waals surface area contributed by atoms with Gasteiger partial charge in [-0.3, -0.25) is 9.69 Å². The second kappa shape index (κ2) is 9.71. The number of aliphatic hydroxyl groups is 1. The Kier molecular flexibility index (Phi) is 6.80. The predicted octanol–water partition coefficient (Wildman–Crippen LogP) is 2.40. The third-order valence-electron chi connectivity index (χ3n) is 7.36. The van der Waals surface area contributed by atoms with Crippen molar-refractivity contribution < 1.29 is 23.1 Å². The average Bonchev–Trinajstić information content (AvgIpc) is 3.24. The normalized spacial score (nSPS) is 26.7. The highest BCUT2D eigenvalue weighted by Crippen LogP contribution is 2.35. The first kappa shape index (κ1) is 24.5. The molecule has 0 unspecified atom stereocenters. The molecule has 2 fully saturated rings. The molecule has 1 spiro atoms. The van der Waals surface area contributed by atoms with E-state index in [0.717, 1.165) is 34.5 Å². The van der Waals surface area contributed by atoms with E-state index < -0.39 is 27.7 Å². The summed E-state index contributed by atoms with van der Waals surface area (Å²) >= 11 is 6.35. The molecule has 0 radical (unpaired) electrons. The van der Waals surface area contributed by atoms with Crippen molar-refractivity contribution in [2.45, 2.75) is 54.8 Å². The van der Waals surface area contributed by atoms with E-state index >= 15 is 0 Å². The van der Waals surface area contributed by atoms with E-state index in [4.69, 9.17) is 16.3 Å². The summed E-state index contributed by atoms with van der Waals surface area (Å²) < 4.78 is 34.1. The van der Waals surface area contributed by atoms with Crippen LogP contribution in [0, 0.1) is 0 Å². The molecular weight excluding hydrogens is 490 g/mol. The number of benzene rings is 2. The molecule has 0 aliphatic carbocycles. The van der Waals surface area contributed by atoms with E-state index in [1.165, 1.54) is 6.07 Å². The number of nitrogens with one attached hydrogen (secondary N) is 1. The molecule has 2 atom stereocenters. The summed E-state index contributed by atoms with van der Waals surface area (Å²) in [6.45, 7) is 2.42. The Hall–Kier alpha value is -2.17. The van der Waals surface area contributed by atoms with E-state index in [-0.39, 0.29) is 36.1 Å². The van der Waals surface area contributed by atoms with Crippen LogP contribution in [0.3, 0.4) is 0 Å². The lowest BCUT2D eigenvalue weighted by Gasteiger charge is -2.43. The first-order chi connectivity index (χ1) is 16.8. The number of para-hydroxylation sites is 1. The number of ether oxygens (including phenoxy) is 1. The van der Waals surface area contributed by atoms with E-state index in [9.17, 15) is 18.3 Å². The molecule has 8 nitrogen and oxygen atoms in total. The number of amides is 1. The van der Waals surface area contributed by atoms with E-state index in [1.807, 2.05) is 24.3 Å². The van der Waals surface area contributed by atoms with Crippen LogP contribution in [0.4, 0.5) is 0 Å². The summed E-state index contributed by atoms with van der Waals surface area (Å²) in [5, 5.41) is 14.2. The summed E-state index contributed by atoms with van der Waals surface area (Å²) in [4.78, 5) is 15.8. The molecule has 2 aromatic rings. The van der Waals surface area contributed by atoms with Crippen LogP contribution in [-0.2, 0) is 21.4 Å². The van der Waals surface area contributed by atoms with Gasteiger partial charge in [0.2, 0.25) is 15.9 Å². The van der Waals surface area contributed by atoms with Crippen LogP contribution >= 0.6 is 11.6 Å². The summed E-state index contributed by atoms with van der Waals surface area (Å²) in [7, 11) is -4.02. The Morgan fingerprint density at radius 3 is 2.57 bits per heavy atom. The molecule has 0 saturated carbocycles.